The van der Waals surface area contributed by atoms with Crippen molar-refractivity contribution in [2.45, 2.75) is 39.7 Å². The molecule has 1 aliphatic heterocycles. The minimum absolute atomic E-state index is 0.0302. The summed E-state index contributed by atoms with van der Waals surface area (Å²) in [5, 5.41) is 3.33. The SMILES string of the molecule is Cc1ccc(CNc2ccnc(C(=O)N3CCCCC3)c2)nc1C. The number of amides is 1. The van der Waals surface area contributed by atoms with Crippen LogP contribution in [0.3, 0.4) is 0 Å². The Morgan fingerprint density at radius 1 is 1.17 bits per heavy atom. The Morgan fingerprint density at radius 2 is 1.96 bits per heavy atom. The van der Waals surface area contributed by atoms with Gasteiger partial charge in [0.25, 0.3) is 5.91 Å². The molecule has 5 nitrogen and oxygen atoms in total. The van der Waals surface area contributed by atoms with E-state index in [0.717, 1.165) is 43.0 Å². The molecule has 1 fully saturated rings. The molecule has 1 saturated heterocycles. The number of anilines is 1. The van der Waals surface area contributed by atoms with Gasteiger partial charge in [-0.3, -0.25) is 14.8 Å². The van der Waals surface area contributed by atoms with Crippen LogP contribution in [0.15, 0.2) is 30.5 Å². The van der Waals surface area contributed by atoms with Crippen molar-refractivity contribution < 1.29 is 4.79 Å². The number of likely N-dealkylation sites (tertiary alicyclic amines) is 1. The Balaban J connectivity index is 1.66. The molecule has 3 rings (SSSR count). The highest BCUT2D eigenvalue weighted by Crippen LogP contribution is 2.15. The van der Waals surface area contributed by atoms with E-state index in [1.54, 1.807) is 6.20 Å². The summed E-state index contributed by atoms with van der Waals surface area (Å²) in [6.07, 6.45) is 5.07. The van der Waals surface area contributed by atoms with E-state index < -0.39 is 0 Å². The standard InChI is InChI=1S/C19H24N4O/c1-14-6-7-17(22-15(14)2)13-21-16-8-9-20-18(12-16)19(24)23-10-4-3-5-11-23/h6-9,12H,3-5,10-11,13H2,1-2H3,(H,20,21). The molecular weight excluding hydrogens is 300 g/mol. The summed E-state index contributed by atoms with van der Waals surface area (Å²) in [7, 11) is 0. The van der Waals surface area contributed by atoms with Crippen LogP contribution in [0.5, 0.6) is 0 Å². The number of piperidine rings is 1. The van der Waals surface area contributed by atoms with Crippen molar-refractivity contribution in [1.82, 2.24) is 14.9 Å². The number of rotatable bonds is 4. The molecule has 0 radical (unpaired) electrons. The van der Waals surface area contributed by atoms with Crippen LogP contribution >= 0.6 is 0 Å². The van der Waals surface area contributed by atoms with Gasteiger partial charge in [-0.1, -0.05) is 6.07 Å². The van der Waals surface area contributed by atoms with Crippen molar-refractivity contribution in [2.75, 3.05) is 18.4 Å². The monoisotopic (exact) mass is 324 g/mol. The van der Waals surface area contributed by atoms with Gasteiger partial charge >= 0.3 is 0 Å². The Labute approximate surface area is 143 Å². The smallest absolute Gasteiger partial charge is 0.272 e. The highest BCUT2D eigenvalue weighted by molar-refractivity contribution is 5.93. The molecule has 2 aromatic rings. The molecule has 0 unspecified atom stereocenters. The van der Waals surface area contributed by atoms with E-state index >= 15 is 0 Å². The molecule has 0 atom stereocenters. The van der Waals surface area contributed by atoms with Gasteiger partial charge in [0.1, 0.15) is 5.69 Å². The second-order valence-electron chi connectivity index (χ2n) is 6.34. The fraction of sp³-hybridized carbons (Fsp3) is 0.421. The Bertz CT molecular complexity index is 723. The fourth-order valence-electron chi connectivity index (χ4n) is 2.89. The minimum atomic E-state index is 0.0302. The van der Waals surface area contributed by atoms with Crippen LogP contribution in [0.4, 0.5) is 5.69 Å². The summed E-state index contributed by atoms with van der Waals surface area (Å²) < 4.78 is 0. The van der Waals surface area contributed by atoms with E-state index in [1.165, 1.54) is 12.0 Å². The van der Waals surface area contributed by atoms with Gasteiger partial charge in [-0.2, -0.15) is 0 Å². The third-order valence-corrected chi connectivity index (χ3v) is 4.50. The topological polar surface area (TPSA) is 58.1 Å². The third kappa shape index (κ3) is 3.91. The van der Waals surface area contributed by atoms with Crippen molar-refractivity contribution >= 4 is 11.6 Å². The summed E-state index contributed by atoms with van der Waals surface area (Å²) in [4.78, 5) is 23.2. The van der Waals surface area contributed by atoms with Crippen molar-refractivity contribution in [1.29, 1.82) is 0 Å². The molecule has 3 heterocycles. The van der Waals surface area contributed by atoms with Crippen LogP contribution < -0.4 is 5.32 Å². The maximum atomic E-state index is 12.5. The fourth-order valence-corrected chi connectivity index (χ4v) is 2.89. The van der Waals surface area contributed by atoms with Crippen LogP contribution in [0.25, 0.3) is 0 Å². The second-order valence-corrected chi connectivity index (χ2v) is 6.34. The van der Waals surface area contributed by atoms with Gasteiger partial charge in [0.05, 0.1) is 12.2 Å². The van der Waals surface area contributed by atoms with Crippen LogP contribution in [0.2, 0.25) is 0 Å². The maximum Gasteiger partial charge on any atom is 0.272 e. The zero-order valence-corrected chi connectivity index (χ0v) is 14.4. The van der Waals surface area contributed by atoms with E-state index in [2.05, 4.69) is 28.3 Å². The van der Waals surface area contributed by atoms with Crippen LogP contribution in [-0.2, 0) is 6.54 Å². The Hall–Kier alpha value is -2.43. The molecule has 2 aromatic heterocycles. The highest BCUT2D eigenvalue weighted by atomic mass is 16.2. The Morgan fingerprint density at radius 3 is 2.71 bits per heavy atom. The van der Waals surface area contributed by atoms with E-state index in [4.69, 9.17) is 0 Å². The first-order chi connectivity index (χ1) is 11.6. The van der Waals surface area contributed by atoms with E-state index in [0.29, 0.717) is 12.2 Å². The highest BCUT2D eigenvalue weighted by Gasteiger charge is 2.19. The maximum absolute atomic E-state index is 12.5. The van der Waals surface area contributed by atoms with Crippen molar-refractivity contribution in [3.8, 4) is 0 Å². The van der Waals surface area contributed by atoms with Gasteiger partial charge in [-0.25, -0.2) is 0 Å². The second kappa shape index (κ2) is 7.43. The van der Waals surface area contributed by atoms with Crippen molar-refractivity contribution in [3.63, 3.8) is 0 Å². The first kappa shape index (κ1) is 16.4. The average Bonchev–Trinajstić information content (AvgIpc) is 2.63. The van der Waals surface area contributed by atoms with Gasteiger partial charge in [-0.05, 0) is 56.9 Å². The lowest BCUT2D eigenvalue weighted by Crippen LogP contribution is -2.36. The third-order valence-electron chi connectivity index (χ3n) is 4.50. The lowest BCUT2D eigenvalue weighted by atomic mass is 10.1. The van der Waals surface area contributed by atoms with Crippen molar-refractivity contribution in [3.05, 3.63) is 53.1 Å². The molecule has 0 aromatic carbocycles. The number of pyridine rings is 2. The normalized spacial score (nSPS) is 14.5. The van der Waals surface area contributed by atoms with Gasteiger partial charge in [0.2, 0.25) is 0 Å². The minimum Gasteiger partial charge on any atom is -0.379 e. The molecule has 1 N–H and O–H groups in total. The zero-order valence-electron chi connectivity index (χ0n) is 14.4. The van der Waals surface area contributed by atoms with Gasteiger partial charge in [0, 0.05) is 30.7 Å². The zero-order chi connectivity index (χ0) is 16.9. The molecule has 0 aliphatic carbocycles. The van der Waals surface area contributed by atoms with Crippen LogP contribution in [-0.4, -0.2) is 33.9 Å². The van der Waals surface area contributed by atoms with Gasteiger partial charge in [-0.15, -0.1) is 0 Å². The molecule has 0 spiro atoms. The lowest BCUT2D eigenvalue weighted by Gasteiger charge is -2.26. The number of nitrogens with zero attached hydrogens (tertiary/aromatic N) is 3. The van der Waals surface area contributed by atoms with Gasteiger partial charge < -0.3 is 10.2 Å². The lowest BCUT2D eigenvalue weighted by molar-refractivity contribution is 0.0718. The largest absolute Gasteiger partial charge is 0.379 e. The van der Waals surface area contributed by atoms with Crippen LogP contribution in [0, 0.1) is 13.8 Å². The average molecular weight is 324 g/mol. The molecule has 1 aliphatic rings. The summed E-state index contributed by atoms with van der Waals surface area (Å²) in [6, 6.07) is 7.82. The van der Waals surface area contributed by atoms with E-state index in [9.17, 15) is 4.79 Å². The quantitative estimate of drug-likeness (QED) is 0.937. The number of hydrogen-bond acceptors (Lipinski definition) is 4. The van der Waals surface area contributed by atoms with Gasteiger partial charge in [0.15, 0.2) is 0 Å². The summed E-state index contributed by atoms with van der Waals surface area (Å²) in [6.45, 7) is 6.37. The summed E-state index contributed by atoms with van der Waals surface area (Å²) in [5.41, 5.74) is 4.63. The number of carbonyl (C=O) groups excluding carboxylic acids is 1. The molecule has 0 saturated carbocycles. The van der Waals surface area contributed by atoms with Crippen LogP contribution in [0.1, 0.15) is 46.7 Å². The number of hydrogen-bond donors (Lipinski definition) is 1. The number of aryl methyl sites for hydroxylation is 2. The molecule has 0 bridgehead atoms. The predicted octanol–water partition coefficient (Wildman–Crippen LogP) is 3.33. The number of nitrogens with one attached hydrogen (secondary N) is 1. The molecule has 5 heteroatoms. The van der Waals surface area contributed by atoms with E-state index in [-0.39, 0.29) is 5.91 Å². The first-order valence-electron chi connectivity index (χ1n) is 8.56. The predicted molar refractivity (Wildman–Crippen MR) is 95.0 cm³/mol. The number of aromatic nitrogens is 2. The molecule has 1 amide bonds. The first-order valence-corrected chi connectivity index (χ1v) is 8.56. The summed E-state index contributed by atoms with van der Waals surface area (Å²) >= 11 is 0. The molecule has 24 heavy (non-hydrogen) atoms. The number of carbonyl (C=O) groups is 1. The Kier molecular flexibility index (Phi) is 5.08. The van der Waals surface area contributed by atoms with E-state index in [1.807, 2.05) is 30.0 Å². The molecule has 126 valence electrons. The molecular formula is C19H24N4O. The van der Waals surface area contributed by atoms with Crippen molar-refractivity contribution in [2.24, 2.45) is 0 Å². The summed E-state index contributed by atoms with van der Waals surface area (Å²) in [5.74, 6) is 0.0302.